The molecule has 9 nitrogen and oxygen atoms in total. The molecule has 4 amide bonds. The summed E-state index contributed by atoms with van der Waals surface area (Å²) in [5.41, 5.74) is 4.66. The van der Waals surface area contributed by atoms with E-state index in [0.29, 0.717) is 19.5 Å². The second kappa shape index (κ2) is 9.87. The topological polar surface area (TPSA) is 106 Å². The summed E-state index contributed by atoms with van der Waals surface area (Å²) in [6.07, 6.45) is 6.34. The number of benzene rings is 1. The fourth-order valence-electron chi connectivity index (χ4n) is 7.23. The third-order valence-corrected chi connectivity index (χ3v) is 9.29. The molecule has 2 fully saturated rings. The summed E-state index contributed by atoms with van der Waals surface area (Å²) in [6, 6.07) is 4.05. The molecule has 9 heteroatoms. The van der Waals surface area contributed by atoms with Gasteiger partial charge >= 0.3 is 0 Å². The predicted molar refractivity (Wildman–Crippen MR) is 152 cm³/mol. The summed E-state index contributed by atoms with van der Waals surface area (Å²) in [7, 11) is 2.04. The Morgan fingerprint density at radius 1 is 1.07 bits per heavy atom. The number of aromatic nitrogens is 1. The first-order valence-electron chi connectivity index (χ1n) is 14.6. The lowest BCUT2D eigenvalue weighted by molar-refractivity contribution is -0.169. The van der Waals surface area contributed by atoms with Gasteiger partial charge in [-0.3, -0.25) is 29.0 Å². The first-order valence-corrected chi connectivity index (χ1v) is 14.6. The Morgan fingerprint density at radius 2 is 1.85 bits per heavy atom. The van der Waals surface area contributed by atoms with Crippen LogP contribution in [-0.4, -0.2) is 87.6 Å². The molecular weight excluding hydrogens is 506 g/mol. The van der Waals surface area contributed by atoms with Gasteiger partial charge in [-0.1, -0.05) is 45.9 Å². The standard InChI is InChI=1S/C31H39N5O4/c1-16(2)26(30(39)36-27(17(3)4)31(40)35-11-7-10-23(35)29(36)38)33-28(37)19-12-21-20-8-6-9-22-25(20)18(14-32-22)13-24(21)34(5)15-19/h6,8-9,12,14,16-17,19,23-24,26-27,32H,7,10-11,13,15H2,1-5H3,(H,33,37). The van der Waals surface area contributed by atoms with E-state index in [2.05, 4.69) is 39.6 Å². The smallest absolute Gasteiger partial charge is 0.252 e. The number of rotatable bonds is 5. The van der Waals surface area contributed by atoms with Gasteiger partial charge in [0.15, 0.2) is 0 Å². The molecule has 4 aliphatic rings. The van der Waals surface area contributed by atoms with Gasteiger partial charge in [0, 0.05) is 36.2 Å². The average molecular weight is 546 g/mol. The summed E-state index contributed by atoms with van der Waals surface area (Å²) in [5.74, 6) is -2.16. The maximum atomic E-state index is 14.0. The van der Waals surface area contributed by atoms with Crippen molar-refractivity contribution in [2.24, 2.45) is 17.8 Å². The van der Waals surface area contributed by atoms with Gasteiger partial charge in [0.25, 0.3) is 11.8 Å². The second-order valence-corrected chi connectivity index (χ2v) is 12.6. The third kappa shape index (κ3) is 4.08. The van der Waals surface area contributed by atoms with Crippen LogP contribution in [0.3, 0.4) is 0 Å². The number of hydrogen-bond acceptors (Lipinski definition) is 5. The van der Waals surface area contributed by atoms with E-state index in [0.717, 1.165) is 29.5 Å². The third-order valence-electron chi connectivity index (χ3n) is 9.29. The van der Waals surface area contributed by atoms with Crippen molar-refractivity contribution in [3.05, 3.63) is 41.6 Å². The first kappa shape index (κ1) is 26.7. The van der Waals surface area contributed by atoms with Crippen LogP contribution in [0.4, 0.5) is 0 Å². The normalized spacial score (nSPS) is 27.2. The predicted octanol–water partition coefficient (Wildman–Crippen LogP) is 2.56. The van der Waals surface area contributed by atoms with E-state index in [1.54, 1.807) is 4.90 Å². The molecule has 1 aliphatic carbocycles. The molecule has 3 aliphatic heterocycles. The Balaban J connectivity index is 1.28. The van der Waals surface area contributed by atoms with Crippen LogP contribution >= 0.6 is 0 Å². The highest BCUT2D eigenvalue weighted by Gasteiger charge is 2.52. The molecule has 2 aromatic rings. The Morgan fingerprint density at radius 3 is 2.58 bits per heavy atom. The number of carbonyl (C=O) groups excluding carboxylic acids is 4. The zero-order chi connectivity index (χ0) is 28.5. The minimum Gasteiger partial charge on any atom is -0.361 e. The van der Waals surface area contributed by atoms with Crippen LogP contribution in [0.1, 0.15) is 51.7 Å². The maximum Gasteiger partial charge on any atom is 0.252 e. The van der Waals surface area contributed by atoms with Crippen LogP contribution in [0.25, 0.3) is 16.5 Å². The summed E-state index contributed by atoms with van der Waals surface area (Å²) in [6.45, 7) is 8.52. The van der Waals surface area contributed by atoms with Crippen LogP contribution < -0.4 is 5.32 Å². The largest absolute Gasteiger partial charge is 0.361 e. The number of carbonyl (C=O) groups is 4. The number of nitrogens with one attached hydrogen (secondary N) is 2. The fraction of sp³-hybridized carbons (Fsp3) is 0.548. The van der Waals surface area contributed by atoms with Crippen LogP contribution in [0, 0.1) is 17.8 Å². The number of piperazine rings is 1. The van der Waals surface area contributed by atoms with Crippen molar-refractivity contribution in [3.8, 4) is 0 Å². The monoisotopic (exact) mass is 545 g/mol. The van der Waals surface area contributed by atoms with E-state index in [-0.39, 0.29) is 35.6 Å². The van der Waals surface area contributed by atoms with Crippen molar-refractivity contribution >= 4 is 40.1 Å². The number of fused-ring (bicyclic) bond motifs is 3. The van der Waals surface area contributed by atoms with Crippen molar-refractivity contribution in [2.45, 2.75) is 71.1 Å². The molecule has 0 saturated carbocycles. The van der Waals surface area contributed by atoms with E-state index in [4.69, 9.17) is 0 Å². The van der Waals surface area contributed by atoms with E-state index >= 15 is 0 Å². The Labute approximate surface area is 234 Å². The lowest BCUT2D eigenvalue weighted by Crippen LogP contribution is -2.68. The Bertz CT molecular complexity index is 1420. The number of H-pyrrole nitrogens is 1. The molecule has 0 bridgehead atoms. The maximum absolute atomic E-state index is 14.0. The zero-order valence-corrected chi connectivity index (χ0v) is 23.9. The van der Waals surface area contributed by atoms with Gasteiger partial charge in [0.2, 0.25) is 11.8 Å². The SMILES string of the molecule is CC(C)C(NC(=O)C1C=C2c3cccc4[nH]cc(c34)CC2N(C)C1)C(=O)N1C(=O)C2CCCN2C(=O)C1C(C)C. The van der Waals surface area contributed by atoms with Gasteiger partial charge in [0.1, 0.15) is 18.1 Å². The summed E-state index contributed by atoms with van der Waals surface area (Å²) in [5, 5.41) is 4.22. The van der Waals surface area contributed by atoms with E-state index in [1.807, 2.05) is 40.8 Å². The number of likely N-dealkylation sites (N-methyl/N-ethyl adjacent to an activating group) is 1. The van der Waals surface area contributed by atoms with Crippen LogP contribution in [0.2, 0.25) is 0 Å². The quantitative estimate of drug-likeness (QED) is 0.601. The van der Waals surface area contributed by atoms with Crippen LogP contribution in [0.5, 0.6) is 0 Å². The number of imide groups is 1. The fourth-order valence-corrected chi connectivity index (χ4v) is 7.23. The summed E-state index contributed by atoms with van der Waals surface area (Å²) in [4.78, 5) is 63.2. The summed E-state index contributed by atoms with van der Waals surface area (Å²) < 4.78 is 0. The van der Waals surface area contributed by atoms with E-state index in [1.165, 1.54) is 15.8 Å². The first-order chi connectivity index (χ1) is 19.1. The second-order valence-electron chi connectivity index (χ2n) is 12.6. The van der Waals surface area contributed by atoms with E-state index in [9.17, 15) is 19.2 Å². The molecule has 40 heavy (non-hydrogen) atoms. The molecule has 0 spiro atoms. The average Bonchev–Trinajstić information content (AvgIpc) is 3.58. The van der Waals surface area contributed by atoms with Crippen molar-refractivity contribution in [3.63, 3.8) is 0 Å². The van der Waals surface area contributed by atoms with Gasteiger partial charge in [-0.05, 0) is 60.9 Å². The highest BCUT2D eigenvalue weighted by molar-refractivity contribution is 6.09. The molecule has 1 aromatic heterocycles. The summed E-state index contributed by atoms with van der Waals surface area (Å²) >= 11 is 0. The van der Waals surface area contributed by atoms with Gasteiger partial charge in [0.05, 0.1) is 5.92 Å². The van der Waals surface area contributed by atoms with Gasteiger partial charge in [-0.25, -0.2) is 0 Å². The Kier molecular flexibility index (Phi) is 6.60. The Hall–Kier alpha value is -3.46. The van der Waals surface area contributed by atoms with Crippen molar-refractivity contribution in [1.29, 1.82) is 0 Å². The van der Waals surface area contributed by atoms with Crippen LogP contribution in [-0.2, 0) is 25.6 Å². The molecule has 5 atom stereocenters. The molecule has 1 aromatic carbocycles. The van der Waals surface area contributed by atoms with Gasteiger partial charge in [-0.15, -0.1) is 0 Å². The molecule has 4 heterocycles. The molecule has 2 saturated heterocycles. The van der Waals surface area contributed by atoms with Gasteiger partial charge < -0.3 is 15.2 Å². The van der Waals surface area contributed by atoms with Gasteiger partial charge in [-0.2, -0.15) is 0 Å². The molecule has 5 unspecified atom stereocenters. The lowest BCUT2D eigenvalue weighted by atomic mass is 9.79. The van der Waals surface area contributed by atoms with Crippen molar-refractivity contribution in [2.75, 3.05) is 20.1 Å². The van der Waals surface area contributed by atoms with Crippen LogP contribution in [0.15, 0.2) is 30.5 Å². The number of hydrogen-bond donors (Lipinski definition) is 2. The zero-order valence-electron chi connectivity index (χ0n) is 23.9. The molecule has 2 N–H and O–H groups in total. The molecular formula is C31H39N5O4. The van der Waals surface area contributed by atoms with Crippen molar-refractivity contribution < 1.29 is 19.2 Å². The van der Waals surface area contributed by atoms with E-state index < -0.39 is 30.0 Å². The highest BCUT2D eigenvalue weighted by Crippen LogP contribution is 2.41. The van der Waals surface area contributed by atoms with Crippen molar-refractivity contribution in [1.82, 2.24) is 25.0 Å². The minimum atomic E-state index is -0.911. The number of amides is 4. The highest BCUT2D eigenvalue weighted by atomic mass is 16.2. The minimum absolute atomic E-state index is 0.167. The molecule has 6 rings (SSSR count). The number of nitrogens with zero attached hydrogens (tertiary/aromatic N) is 3. The number of aromatic amines is 1. The molecule has 212 valence electrons. The molecule has 0 radical (unpaired) electrons. The lowest BCUT2D eigenvalue weighted by Gasteiger charge is -2.44.